The normalized spacial score (nSPS) is 18.2. The number of nitrogens with zero attached hydrogens (tertiary/aromatic N) is 2. The molecule has 0 saturated carbocycles. The summed E-state index contributed by atoms with van der Waals surface area (Å²) in [6.07, 6.45) is 0.750. The summed E-state index contributed by atoms with van der Waals surface area (Å²) in [5.41, 5.74) is 1.23. The average Bonchev–Trinajstić information content (AvgIpc) is 2.69. The van der Waals surface area contributed by atoms with Crippen LogP contribution in [0.2, 0.25) is 5.02 Å². The Bertz CT molecular complexity index is 819. The van der Waals surface area contributed by atoms with Crippen LogP contribution >= 0.6 is 11.6 Å². The number of hydrogen-bond donors (Lipinski definition) is 1. The van der Waals surface area contributed by atoms with Gasteiger partial charge in [-0.15, -0.1) is 0 Å². The predicted octanol–water partition coefficient (Wildman–Crippen LogP) is 3.73. The highest BCUT2D eigenvalue weighted by atomic mass is 35.5. The van der Waals surface area contributed by atoms with Gasteiger partial charge in [0, 0.05) is 38.8 Å². The molecule has 1 heterocycles. The fourth-order valence-corrected chi connectivity index (χ4v) is 3.73. The van der Waals surface area contributed by atoms with Crippen LogP contribution in [-0.2, 0) is 0 Å². The lowest BCUT2D eigenvalue weighted by Gasteiger charge is -2.40. The summed E-state index contributed by atoms with van der Waals surface area (Å²) < 4.78 is 26.5. The number of carbonyl (C=O) groups is 1. The molecule has 0 aliphatic carbocycles. The molecule has 28 heavy (non-hydrogen) atoms. The van der Waals surface area contributed by atoms with Crippen LogP contribution in [0, 0.1) is 11.6 Å². The van der Waals surface area contributed by atoms with Crippen LogP contribution in [0.15, 0.2) is 42.5 Å². The SMILES string of the molecule is CN1CCN(CCCNC(=O)c2cc(F)c(F)cc2Cl)C(c2ccccc2)C1. The molecule has 1 atom stereocenters. The van der Waals surface area contributed by atoms with Gasteiger partial charge in [-0.1, -0.05) is 41.9 Å². The van der Waals surface area contributed by atoms with Crippen LogP contribution < -0.4 is 5.32 Å². The van der Waals surface area contributed by atoms with Crippen molar-refractivity contribution in [1.82, 2.24) is 15.1 Å². The van der Waals surface area contributed by atoms with E-state index in [1.165, 1.54) is 5.56 Å². The number of hydrogen-bond acceptors (Lipinski definition) is 3. The molecule has 4 nitrogen and oxygen atoms in total. The maximum absolute atomic E-state index is 13.4. The first-order valence-corrected chi connectivity index (χ1v) is 9.74. The predicted molar refractivity (Wildman–Crippen MR) is 107 cm³/mol. The second-order valence-electron chi connectivity index (χ2n) is 7.08. The van der Waals surface area contributed by atoms with Gasteiger partial charge < -0.3 is 10.2 Å². The second-order valence-corrected chi connectivity index (χ2v) is 7.49. The molecule has 1 N–H and O–H groups in total. The molecule has 0 radical (unpaired) electrons. The molecule has 0 bridgehead atoms. The highest BCUT2D eigenvalue weighted by molar-refractivity contribution is 6.33. The Kier molecular flexibility index (Phi) is 6.99. The molecule has 1 aliphatic rings. The number of amides is 1. The first kappa shape index (κ1) is 20.7. The van der Waals surface area contributed by atoms with E-state index in [9.17, 15) is 13.6 Å². The van der Waals surface area contributed by atoms with E-state index in [4.69, 9.17) is 11.6 Å². The summed E-state index contributed by atoms with van der Waals surface area (Å²) in [6, 6.07) is 12.4. The second kappa shape index (κ2) is 9.45. The molecule has 7 heteroatoms. The van der Waals surface area contributed by atoms with Gasteiger partial charge in [0.15, 0.2) is 11.6 Å². The summed E-state index contributed by atoms with van der Waals surface area (Å²) in [4.78, 5) is 16.9. The van der Waals surface area contributed by atoms with Crippen molar-refractivity contribution >= 4 is 17.5 Å². The minimum atomic E-state index is -1.09. The van der Waals surface area contributed by atoms with Crippen LogP contribution in [-0.4, -0.2) is 55.5 Å². The van der Waals surface area contributed by atoms with E-state index < -0.39 is 17.5 Å². The molecule has 1 aliphatic heterocycles. The summed E-state index contributed by atoms with van der Waals surface area (Å²) in [7, 11) is 2.12. The van der Waals surface area contributed by atoms with Gasteiger partial charge in [-0.2, -0.15) is 0 Å². The topological polar surface area (TPSA) is 35.6 Å². The van der Waals surface area contributed by atoms with Gasteiger partial charge in [0.25, 0.3) is 5.91 Å². The van der Waals surface area contributed by atoms with Crippen LogP contribution in [0.25, 0.3) is 0 Å². The monoisotopic (exact) mass is 407 g/mol. The smallest absolute Gasteiger partial charge is 0.252 e. The van der Waals surface area contributed by atoms with E-state index in [0.717, 1.165) is 44.7 Å². The zero-order chi connectivity index (χ0) is 20.1. The molecular formula is C21H24ClF2N3O. The number of likely N-dealkylation sites (N-methyl/N-ethyl adjacent to an activating group) is 1. The van der Waals surface area contributed by atoms with Crippen molar-refractivity contribution in [2.75, 3.05) is 39.8 Å². The minimum Gasteiger partial charge on any atom is -0.352 e. The van der Waals surface area contributed by atoms with E-state index in [0.29, 0.717) is 12.6 Å². The molecule has 0 spiro atoms. The number of piperazine rings is 1. The lowest BCUT2D eigenvalue weighted by molar-refractivity contribution is 0.0865. The molecule has 2 aromatic carbocycles. The van der Waals surface area contributed by atoms with Crippen LogP contribution in [0.3, 0.4) is 0 Å². The van der Waals surface area contributed by atoms with Crippen molar-refractivity contribution in [1.29, 1.82) is 0 Å². The van der Waals surface area contributed by atoms with Gasteiger partial charge in [0.1, 0.15) is 0 Å². The Morgan fingerprint density at radius 2 is 1.89 bits per heavy atom. The maximum atomic E-state index is 13.4. The van der Waals surface area contributed by atoms with Crippen molar-refractivity contribution in [2.45, 2.75) is 12.5 Å². The number of benzene rings is 2. The lowest BCUT2D eigenvalue weighted by Crippen LogP contribution is -2.47. The first-order valence-electron chi connectivity index (χ1n) is 9.36. The van der Waals surface area contributed by atoms with Gasteiger partial charge in [-0.3, -0.25) is 9.69 Å². The highest BCUT2D eigenvalue weighted by Crippen LogP contribution is 2.25. The van der Waals surface area contributed by atoms with E-state index in [2.05, 4.69) is 34.3 Å². The third-order valence-corrected chi connectivity index (χ3v) is 5.35. The lowest BCUT2D eigenvalue weighted by atomic mass is 10.0. The van der Waals surface area contributed by atoms with E-state index in [-0.39, 0.29) is 10.6 Å². The average molecular weight is 408 g/mol. The fraction of sp³-hybridized carbons (Fsp3) is 0.381. The Labute approximate surface area is 169 Å². The van der Waals surface area contributed by atoms with Crippen molar-refractivity contribution in [3.05, 3.63) is 70.2 Å². The molecule has 1 unspecified atom stereocenters. The zero-order valence-corrected chi connectivity index (χ0v) is 16.6. The Morgan fingerprint density at radius 3 is 2.64 bits per heavy atom. The van der Waals surface area contributed by atoms with Gasteiger partial charge in [0.2, 0.25) is 0 Å². The summed E-state index contributed by atoms with van der Waals surface area (Å²) in [5.74, 6) is -2.65. The first-order chi connectivity index (χ1) is 13.5. The standard InChI is InChI=1S/C21H24ClF2N3O/c1-26-10-11-27(20(14-26)15-6-3-2-4-7-15)9-5-8-25-21(28)16-12-18(23)19(24)13-17(16)22/h2-4,6-7,12-13,20H,5,8-11,14H2,1H3,(H,25,28). The Hall–Kier alpha value is -2.02. The van der Waals surface area contributed by atoms with Gasteiger partial charge in [0.05, 0.1) is 10.6 Å². The molecular weight excluding hydrogens is 384 g/mol. The number of carbonyl (C=O) groups excluding carboxylic acids is 1. The van der Waals surface area contributed by atoms with E-state index >= 15 is 0 Å². The third kappa shape index (κ3) is 5.07. The van der Waals surface area contributed by atoms with Crippen molar-refractivity contribution < 1.29 is 13.6 Å². The summed E-state index contributed by atoms with van der Waals surface area (Å²) >= 11 is 5.85. The molecule has 150 valence electrons. The Morgan fingerprint density at radius 1 is 1.18 bits per heavy atom. The van der Waals surface area contributed by atoms with Gasteiger partial charge >= 0.3 is 0 Å². The van der Waals surface area contributed by atoms with Crippen molar-refractivity contribution in [2.24, 2.45) is 0 Å². The van der Waals surface area contributed by atoms with Crippen molar-refractivity contribution in [3.8, 4) is 0 Å². The zero-order valence-electron chi connectivity index (χ0n) is 15.8. The number of nitrogens with one attached hydrogen (secondary N) is 1. The van der Waals surface area contributed by atoms with Gasteiger partial charge in [-0.05, 0) is 31.2 Å². The molecule has 3 rings (SSSR count). The molecule has 2 aromatic rings. The number of halogens is 3. The summed E-state index contributed by atoms with van der Waals surface area (Å²) in [5, 5.41) is 2.64. The largest absolute Gasteiger partial charge is 0.352 e. The van der Waals surface area contributed by atoms with Crippen LogP contribution in [0.1, 0.15) is 28.4 Å². The van der Waals surface area contributed by atoms with E-state index in [1.807, 2.05) is 18.2 Å². The Balaban J connectivity index is 1.54. The molecule has 1 amide bonds. The quantitative estimate of drug-likeness (QED) is 0.585. The maximum Gasteiger partial charge on any atom is 0.252 e. The highest BCUT2D eigenvalue weighted by Gasteiger charge is 2.26. The molecule has 0 aromatic heterocycles. The minimum absolute atomic E-state index is 0.0534. The number of rotatable bonds is 6. The molecule has 1 fully saturated rings. The van der Waals surface area contributed by atoms with E-state index in [1.54, 1.807) is 0 Å². The van der Waals surface area contributed by atoms with Crippen molar-refractivity contribution in [3.63, 3.8) is 0 Å². The van der Waals surface area contributed by atoms with Gasteiger partial charge in [-0.25, -0.2) is 8.78 Å². The third-order valence-electron chi connectivity index (χ3n) is 5.04. The van der Waals surface area contributed by atoms with Crippen LogP contribution in [0.5, 0.6) is 0 Å². The fourth-order valence-electron chi connectivity index (χ4n) is 3.49. The summed E-state index contributed by atoms with van der Waals surface area (Å²) in [6.45, 7) is 4.18. The molecule has 1 saturated heterocycles. The van der Waals surface area contributed by atoms with Crippen LogP contribution in [0.4, 0.5) is 8.78 Å².